The molecule has 0 aliphatic heterocycles. The lowest BCUT2D eigenvalue weighted by molar-refractivity contribution is 1.12. The molecule has 0 bridgehead atoms. The lowest BCUT2D eigenvalue weighted by Gasteiger charge is -2.02. The number of rotatable bonds is 2. The summed E-state index contributed by atoms with van der Waals surface area (Å²) in [4.78, 5) is 16.8. The van der Waals surface area contributed by atoms with E-state index in [9.17, 15) is 0 Å². The van der Waals surface area contributed by atoms with Gasteiger partial charge < -0.3 is 4.98 Å². The fourth-order valence-corrected chi connectivity index (χ4v) is 3.03. The normalized spacial score (nSPS) is 11.4. The molecule has 0 aliphatic carbocycles. The number of H-pyrrole nitrogens is 2. The second kappa shape index (κ2) is 5.24. The maximum absolute atomic E-state index is 4.82. The summed E-state index contributed by atoms with van der Waals surface area (Å²) >= 11 is 0. The smallest absolute Gasteiger partial charge is 0.135 e. The third-order valence-electron chi connectivity index (χ3n) is 4.22. The molecule has 0 aromatic carbocycles. The fraction of sp³-hybridized carbons (Fsp3) is 0.0526. The number of pyridine rings is 3. The number of aromatic amines is 2. The first-order valence-electron chi connectivity index (χ1n) is 7.99. The molecule has 0 aliphatic rings. The second-order valence-corrected chi connectivity index (χ2v) is 6.04. The summed E-state index contributed by atoms with van der Waals surface area (Å²) in [6.07, 6.45) is 5.44. The van der Waals surface area contributed by atoms with Crippen LogP contribution in [0.25, 0.3) is 44.7 Å². The zero-order valence-electron chi connectivity index (χ0n) is 13.5. The van der Waals surface area contributed by atoms with Gasteiger partial charge in [-0.2, -0.15) is 5.10 Å². The second-order valence-electron chi connectivity index (χ2n) is 6.04. The Bertz CT molecular complexity index is 1180. The summed E-state index contributed by atoms with van der Waals surface area (Å²) in [6, 6.07) is 12.0. The molecule has 6 nitrogen and oxygen atoms in total. The van der Waals surface area contributed by atoms with E-state index in [2.05, 4.69) is 31.2 Å². The standard InChI is InChI=1S/C19H14N6/c1-11-7-12(10-20-9-11)13-4-5-15-18(23-13)19(25-24-15)17-8-16-14(22-17)3-2-6-21-16/h2-10,22H,1H3,(H,24,25). The van der Waals surface area contributed by atoms with Gasteiger partial charge in [0.25, 0.3) is 0 Å². The zero-order chi connectivity index (χ0) is 16.8. The van der Waals surface area contributed by atoms with Crippen molar-refractivity contribution in [2.45, 2.75) is 6.92 Å². The largest absolute Gasteiger partial charge is 0.352 e. The molecule has 0 atom stereocenters. The van der Waals surface area contributed by atoms with E-state index < -0.39 is 0 Å². The Labute approximate surface area is 143 Å². The first-order valence-corrected chi connectivity index (χ1v) is 7.99. The number of aromatic nitrogens is 6. The van der Waals surface area contributed by atoms with Gasteiger partial charge in [-0.3, -0.25) is 15.1 Å². The van der Waals surface area contributed by atoms with Gasteiger partial charge in [0.05, 0.1) is 27.9 Å². The summed E-state index contributed by atoms with van der Waals surface area (Å²) in [6.45, 7) is 2.02. The molecule has 0 unspecified atom stereocenters. The number of nitrogens with one attached hydrogen (secondary N) is 2. The third kappa shape index (κ3) is 2.27. The molecule has 0 saturated carbocycles. The molecule has 0 spiro atoms. The average molecular weight is 326 g/mol. The first kappa shape index (κ1) is 13.9. The number of aryl methyl sites for hydroxylation is 1. The minimum Gasteiger partial charge on any atom is -0.352 e. The van der Waals surface area contributed by atoms with Crippen LogP contribution in [0.4, 0.5) is 0 Å². The molecule has 5 aromatic rings. The number of nitrogens with zero attached hydrogens (tertiary/aromatic N) is 4. The van der Waals surface area contributed by atoms with Gasteiger partial charge in [0.2, 0.25) is 0 Å². The van der Waals surface area contributed by atoms with E-state index >= 15 is 0 Å². The Morgan fingerprint density at radius 2 is 1.96 bits per heavy atom. The molecular formula is C19H14N6. The van der Waals surface area contributed by atoms with E-state index in [0.717, 1.165) is 50.3 Å². The van der Waals surface area contributed by atoms with Crippen molar-refractivity contribution in [3.8, 4) is 22.6 Å². The molecule has 5 rings (SSSR count). The maximum atomic E-state index is 4.82. The zero-order valence-corrected chi connectivity index (χ0v) is 13.5. The highest BCUT2D eigenvalue weighted by Crippen LogP contribution is 2.28. The van der Waals surface area contributed by atoms with Gasteiger partial charge in [-0.05, 0) is 48.9 Å². The quantitative estimate of drug-likeness (QED) is 0.516. The van der Waals surface area contributed by atoms with Crippen LogP contribution in [0.15, 0.2) is 55.0 Å². The van der Waals surface area contributed by atoms with Crippen LogP contribution in [0, 0.1) is 6.92 Å². The van der Waals surface area contributed by atoms with E-state index in [4.69, 9.17) is 4.98 Å². The molecule has 120 valence electrons. The minimum atomic E-state index is 0.787. The van der Waals surface area contributed by atoms with Crippen LogP contribution < -0.4 is 0 Å². The number of fused-ring (bicyclic) bond motifs is 2. The Morgan fingerprint density at radius 1 is 1.00 bits per heavy atom. The van der Waals surface area contributed by atoms with Gasteiger partial charge in [0.15, 0.2) is 0 Å². The van der Waals surface area contributed by atoms with Crippen molar-refractivity contribution in [1.29, 1.82) is 0 Å². The van der Waals surface area contributed by atoms with E-state index in [1.165, 1.54) is 0 Å². The topological polar surface area (TPSA) is 83.1 Å². The van der Waals surface area contributed by atoms with Crippen molar-refractivity contribution < 1.29 is 0 Å². The van der Waals surface area contributed by atoms with Crippen molar-refractivity contribution in [3.63, 3.8) is 0 Å². The molecule has 6 heteroatoms. The summed E-state index contributed by atoms with van der Waals surface area (Å²) < 4.78 is 0. The minimum absolute atomic E-state index is 0.787. The van der Waals surface area contributed by atoms with Crippen molar-refractivity contribution in [1.82, 2.24) is 30.1 Å². The Kier molecular flexibility index (Phi) is 2.90. The Balaban J connectivity index is 1.70. The third-order valence-corrected chi connectivity index (χ3v) is 4.22. The molecular weight excluding hydrogens is 312 g/mol. The van der Waals surface area contributed by atoms with E-state index in [1.807, 2.05) is 49.6 Å². The fourth-order valence-electron chi connectivity index (χ4n) is 3.03. The highest BCUT2D eigenvalue weighted by atomic mass is 15.1. The van der Waals surface area contributed by atoms with Crippen LogP contribution in [0.2, 0.25) is 0 Å². The van der Waals surface area contributed by atoms with Gasteiger partial charge in [-0.1, -0.05) is 0 Å². The summed E-state index contributed by atoms with van der Waals surface area (Å²) in [5.41, 5.74) is 8.26. The predicted molar refractivity (Wildman–Crippen MR) is 96.9 cm³/mol. The lowest BCUT2D eigenvalue weighted by atomic mass is 10.1. The van der Waals surface area contributed by atoms with Gasteiger partial charge in [0, 0.05) is 24.2 Å². The predicted octanol–water partition coefficient (Wildman–Crippen LogP) is 3.87. The maximum Gasteiger partial charge on any atom is 0.135 e. The molecule has 0 radical (unpaired) electrons. The van der Waals surface area contributed by atoms with Crippen LogP contribution in [0.5, 0.6) is 0 Å². The number of hydrogen-bond acceptors (Lipinski definition) is 4. The van der Waals surface area contributed by atoms with Crippen molar-refractivity contribution in [3.05, 3.63) is 60.6 Å². The summed E-state index contributed by atoms with van der Waals surface area (Å²) in [5.74, 6) is 0. The molecule has 0 saturated heterocycles. The molecule has 2 N–H and O–H groups in total. The molecule has 5 aromatic heterocycles. The van der Waals surface area contributed by atoms with Gasteiger partial charge in [-0.25, -0.2) is 4.98 Å². The Hall–Kier alpha value is -3.54. The highest BCUT2D eigenvalue weighted by Gasteiger charge is 2.14. The van der Waals surface area contributed by atoms with Crippen molar-refractivity contribution in [2.75, 3.05) is 0 Å². The van der Waals surface area contributed by atoms with Crippen molar-refractivity contribution >= 4 is 22.1 Å². The van der Waals surface area contributed by atoms with Crippen LogP contribution in [-0.4, -0.2) is 30.1 Å². The number of hydrogen-bond donors (Lipinski definition) is 2. The lowest BCUT2D eigenvalue weighted by Crippen LogP contribution is -1.87. The van der Waals surface area contributed by atoms with Crippen molar-refractivity contribution in [2.24, 2.45) is 0 Å². The van der Waals surface area contributed by atoms with Gasteiger partial charge in [0.1, 0.15) is 11.2 Å². The van der Waals surface area contributed by atoms with Gasteiger partial charge in [-0.15, -0.1) is 0 Å². The summed E-state index contributed by atoms with van der Waals surface area (Å²) in [5, 5.41) is 7.50. The van der Waals surface area contributed by atoms with Crippen LogP contribution in [0.3, 0.4) is 0 Å². The Morgan fingerprint density at radius 3 is 2.84 bits per heavy atom. The van der Waals surface area contributed by atoms with E-state index in [1.54, 1.807) is 6.20 Å². The molecule has 5 heterocycles. The highest BCUT2D eigenvalue weighted by molar-refractivity contribution is 5.93. The van der Waals surface area contributed by atoms with Crippen LogP contribution in [0.1, 0.15) is 5.56 Å². The first-order chi connectivity index (χ1) is 12.3. The molecule has 0 amide bonds. The monoisotopic (exact) mass is 326 g/mol. The van der Waals surface area contributed by atoms with E-state index in [0.29, 0.717) is 0 Å². The van der Waals surface area contributed by atoms with Crippen LogP contribution in [-0.2, 0) is 0 Å². The van der Waals surface area contributed by atoms with Crippen LogP contribution >= 0.6 is 0 Å². The van der Waals surface area contributed by atoms with E-state index in [-0.39, 0.29) is 0 Å². The van der Waals surface area contributed by atoms with Gasteiger partial charge >= 0.3 is 0 Å². The molecule has 0 fully saturated rings. The molecule has 25 heavy (non-hydrogen) atoms. The summed E-state index contributed by atoms with van der Waals surface area (Å²) in [7, 11) is 0. The SMILES string of the molecule is Cc1cncc(-c2ccc3[nH]nc(-c4cc5ncccc5[nH]4)c3n2)c1. The average Bonchev–Trinajstić information content (AvgIpc) is 3.24.